The summed E-state index contributed by atoms with van der Waals surface area (Å²) in [6.45, 7) is 1.63. The minimum atomic E-state index is -0.354. The first-order chi connectivity index (χ1) is 12.0. The topological polar surface area (TPSA) is 76.5 Å². The quantitative estimate of drug-likeness (QED) is 0.780. The van der Waals surface area contributed by atoms with Crippen LogP contribution in [0.1, 0.15) is 16.1 Å². The highest BCUT2D eigenvalue weighted by Crippen LogP contribution is 2.11. The Bertz CT molecular complexity index is 754. The molecule has 0 aliphatic rings. The molecule has 0 unspecified atom stereocenters. The number of amides is 1. The van der Waals surface area contributed by atoms with E-state index in [4.69, 9.17) is 4.74 Å². The Balaban J connectivity index is 2.03. The van der Waals surface area contributed by atoms with Crippen LogP contribution in [-0.2, 0) is 17.7 Å². The average molecular weight is 344 g/mol. The SMILES string of the molecule is COCCn1nc(C(=O)Nc2ccc(CCN(C)C)cc2)ccc1=O. The second-order valence-corrected chi connectivity index (χ2v) is 5.98. The molecule has 0 aliphatic heterocycles. The number of nitrogens with one attached hydrogen (secondary N) is 1. The molecule has 0 atom stereocenters. The molecule has 1 aromatic carbocycles. The Morgan fingerprint density at radius 1 is 1.20 bits per heavy atom. The molecule has 1 heterocycles. The van der Waals surface area contributed by atoms with Gasteiger partial charge in [-0.05, 0) is 44.3 Å². The van der Waals surface area contributed by atoms with E-state index in [1.807, 2.05) is 38.4 Å². The van der Waals surface area contributed by atoms with Crippen LogP contribution in [0, 0.1) is 0 Å². The van der Waals surface area contributed by atoms with Crippen molar-refractivity contribution < 1.29 is 9.53 Å². The first kappa shape index (κ1) is 18.8. The summed E-state index contributed by atoms with van der Waals surface area (Å²) in [4.78, 5) is 26.2. The van der Waals surface area contributed by atoms with Gasteiger partial charge in [-0.2, -0.15) is 5.10 Å². The van der Waals surface area contributed by atoms with Gasteiger partial charge in [-0.25, -0.2) is 4.68 Å². The number of hydrogen-bond acceptors (Lipinski definition) is 5. The van der Waals surface area contributed by atoms with Crippen molar-refractivity contribution in [3.63, 3.8) is 0 Å². The largest absolute Gasteiger partial charge is 0.383 e. The van der Waals surface area contributed by atoms with Crippen LogP contribution < -0.4 is 10.9 Å². The number of hydrogen-bond donors (Lipinski definition) is 1. The van der Waals surface area contributed by atoms with Crippen molar-refractivity contribution in [2.45, 2.75) is 13.0 Å². The molecular formula is C18H24N4O3. The van der Waals surface area contributed by atoms with Crippen LogP contribution in [0.25, 0.3) is 0 Å². The lowest BCUT2D eigenvalue weighted by Gasteiger charge is -2.10. The molecule has 0 fully saturated rings. The molecule has 25 heavy (non-hydrogen) atoms. The molecule has 1 N–H and O–H groups in total. The van der Waals surface area contributed by atoms with Crippen LogP contribution in [0.2, 0.25) is 0 Å². The van der Waals surface area contributed by atoms with Gasteiger partial charge in [-0.15, -0.1) is 0 Å². The van der Waals surface area contributed by atoms with Gasteiger partial charge in [0.25, 0.3) is 11.5 Å². The van der Waals surface area contributed by atoms with Crippen molar-refractivity contribution in [1.29, 1.82) is 0 Å². The molecule has 0 spiro atoms. The molecule has 2 rings (SSSR count). The van der Waals surface area contributed by atoms with Crippen LogP contribution >= 0.6 is 0 Å². The lowest BCUT2D eigenvalue weighted by atomic mass is 10.1. The molecule has 0 radical (unpaired) electrons. The third-order valence-electron chi connectivity index (χ3n) is 3.67. The van der Waals surface area contributed by atoms with Gasteiger partial charge < -0.3 is 15.0 Å². The summed E-state index contributed by atoms with van der Waals surface area (Å²) in [5.41, 5.74) is 1.82. The van der Waals surface area contributed by atoms with Gasteiger partial charge in [0.05, 0.1) is 13.2 Å². The van der Waals surface area contributed by atoms with Crippen molar-refractivity contribution in [3.8, 4) is 0 Å². The summed E-state index contributed by atoms with van der Waals surface area (Å²) in [5.74, 6) is -0.354. The maximum Gasteiger partial charge on any atom is 0.276 e. The average Bonchev–Trinajstić information content (AvgIpc) is 2.60. The Hall–Kier alpha value is -2.51. The third kappa shape index (κ3) is 5.81. The molecule has 134 valence electrons. The van der Waals surface area contributed by atoms with E-state index in [1.54, 1.807) is 7.11 Å². The zero-order chi connectivity index (χ0) is 18.2. The smallest absolute Gasteiger partial charge is 0.276 e. The summed E-state index contributed by atoms with van der Waals surface area (Å²) in [7, 11) is 5.62. The van der Waals surface area contributed by atoms with Crippen LogP contribution in [-0.4, -0.2) is 54.9 Å². The van der Waals surface area contributed by atoms with E-state index in [2.05, 4.69) is 15.3 Å². The highest BCUT2D eigenvalue weighted by atomic mass is 16.5. The Kier molecular flexibility index (Phi) is 6.85. The molecule has 0 bridgehead atoms. The van der Waals surface area contributed by atoms with Crippen LogP contribution in [0.3, 0.4) is 0 Å². The number of likely N-dealkylation sites (N-methyl/N-ethyl adjacent to an activating group) is 1. The highest BCUT2D eigenvalue weighted by Gasteiger charge is 2.10. The number of benzene rings is 1. The molecule has 1 amide bonds. The second kappa shape index (κ2) is 9.10. The molecular weight excluding hydrogens is 320 g/mol. The van der Waals surface area contributed by atoms with Crippen LogP contribution in [0.15, 0.2) is 41.2 Å². The Morgan fingerprint density at radius 3 is 2.56 bits per heavy atom. The van der Waals surface area contributed by atoms with Gasteiger partial charge in [-0.3, -0.25) is 9.59 Å². The summed E-state index contributed by atoms with van der Waals surface area (Å²) in [6.07, 6.45) is 0.952. The van der Waals surface area contributed by atoms with Gasteiger partial charge in [0, 0.05) is 25.4 Å². The van der Waals surface area contributed by atoms with E-state index >= 15 is 0 Å². The van der Waals surface area contributed by atoms with Gasteiger partial charge in [0.15, 0.2) is 0 Å². The molecule has 0 aliphatic carbocycles. The Labute approximate surface area is 147 Å². The Morgan fingerprint density at radius 2 is 1.92 bits per heavy atom. The molecule has 2 aromatic rings. The third-order valence-corrected chi connectivity index (χ3v) is 3.67. The van der Waals surface area contributed by atoms with Crippen molar-refractivity contribution >= 4 is 11.6 Å². The zero-order valence-corrected chi connectivity index (χ0v) is 14.9. The lowest BCUT2D eigenvalue weighted by molar-refractivity contribution is 0.101. The van der Waals surface area contributed by atoms with Gasteiger partial charge in [-0.1, -0.05) is 12.1 Å². The predicted molar refractivity (Wildman–Crippen MR) is 97.0 cm³/mol. The first-order valence-corrected chi connectivity index (χ1v) is 8.11. The molecule has 0 saturated carbocycles. The fourth-order valence-corrected chi connectivity index (χ4v) is 2.21. The number of aromatic nitrogens is 2. The normalized spacial score (nSPS) is 10.9. The standard InChI is InChI=1S/C18H24N4O3/c1-21(2)11-10-14-4-6-15(7-5-14)19-18(24)16-8-9-17(23)22(20-16)12-13-25-3/h4-9H,10-13H2,1-3H3,(H,19,24). The van der Waals surface area contributed by atoms with Crippen molar-refractivity contribution in [2.24, 2.45) is 0 Å². The fourth-order valence-electron chi connectivity index (χ4n) is 2.21. The number of carbonyl (C=O) groups excluding carboxylic acids is 1. The van der Waals surface area contributed by atoms with Gasteiger partial charge in [0.2, 0.25) is 0 Å². The minimum Gasteiger partial charge on any atom is -0.383 e. The maximum absolute atomic E-state index is 12.3. The van der Waals surface area contributed by atoms with Crippen LogP contribution in [0.5, 0.6) is 0 Å². The van der Waals surface area contributed by atoms with E-state index in [0.717, 1.165) is 13.0 Å². The summed E-state index contributed by atoms with van der Waals surface area (Å²) >= 11 is 0. The van der Waals surface area contributed by atoms with E-state index in [9.17, 15) is 9.59 Å². The number of nitrogens with zero attached hydrogens (tertiary/aromatic N) is 3. The number of methoxy groups -OCH3 is 1. The van der Waals surface area contributed by atoms with Gasteiger partial charge >= 0.3 is 0 Å². The number of rotatable bonds is 8. The summed E-state index contributed by atoms with van der Waals surface area (Å²) < 4.78 is 6.16. The molecule has 1 aromatic heterocycles. The predicted octanol–water partition coefficient (Wildman–Crippen LogP) is 1.25. The molecule has 7 heteroatoms. The van der Waals surface area contributed by atoms with E-state index in [0.29, 0.717) is 18.8 Å². The maximum atomic E-state index is 12.3. The van der Waals surface area contributed by atoms with Crippen LogP contribution in [0.4, 0.5) is 5.69 Å². The first-order valence-electron chi connectivity index (χ1n) is 8.11. The second-order valence-electron chi connectivity index (χ2n) is 5.98. The highest BCUT2D eigenvalue weighted by molar-refractivity contribution is 6.02. The van der Waals surface area contributed by atoms with E-state index in [-0.39, 0.29) is 17.2 Å². The number of carbonyl (C=O) groups is 1. The van der Waals surface area contributed by atoms with Crippen molar-refractivity contribution in [2.75, 3.05) is 39.7 Å². The van der Waals surface area contributed by atoms with Crippen molar-refractivity contribution in [1.82, 2.24) is 14.7 Å². The molecule has 0 saturated heterocycles. The van der Waals surface area contributed by atoms with E-state index < -0.39 is 0 Å². The van der Waals surface area contributed by atoms with Crippen molar-refractivity contribution in [3.05, 3.63) is 58.0 Å². The number of anilines is 1. The number of ether oxygens (including phenoxy) is 1. The van der Waals surface area contributed by atoms with Gasteiger partial charge in [0.1, 0.15) is 5.69 Å². The summed E-state index contributed by atoms with van der Waals surface area (Å²) in [5, 5.41) is 6.87. The summed E-state index contributed by atoms with van der Waals surface area (Å²) in [6, 6.07) is 10.5. The lowest BCUT2D eigenvalue weighted by Crippen LogP contribution is -2.27. The molecule has 7 nitrogen and oxygen atoms in total. The zero-order valence-electron chi connectivity index (χ0n) is 14.9. The van der Waals surface area contributed by atoms with E-state index in [1.165, 1.54) is 22.4 Å². The minimum absolute atomic E-state index is 0.187. The monoisotopic (exact) mass is 344 g/mol. The fraction of sp³-hybridized carbons (Fsp3) is 0.389.